The number of nitrogens with one attached hydrogen (secondary N) is 1. The van der Waals surface area contributed by atoms with Gasteiger partial charge in [0.1, 0.15) is 5.75 Å². The molecule has 1 aliphatic rings. The Morgan fingerprint density at radius 1 is 1.47 bits per heavy atom. The number of carbonyl (C=O) groups is 1. The zero-order valence-electron chi connectivity index (χ0n) is 11.7. The van der Waals surface area contributed by atoms with Crippen LogP contribution in [0.2, 0.25) is 0 Å². The molecule has 1 fully saturated rings. The predicted octanol–water partition coefficient (Wildman–Crippen LogP) is 1.45. The molecule has 104 valence electrons. The Balaban J connectivity index is 2.00. The van der Waals surface area contributed by atoms with Gasteiger partial charge in [0.15, 0.2) is 0 Å². The van der Waals surface area contributed by atoms with Crippen LogP contribution in [0, 0.1) is 0 Å². The van der Waals surface area contributed by atoms with Crippen molar-refractivity contribution < 1.29 is 9.53 Å². The minimum Gasteiger partial charge on any atom is -0.496 e. The van der Waals surface area contributed by atoms with Crippen LogP contribution in [-0.4, -0.2) is 44.1 Å². The van der Waals surface area contributed by atoms with E-state index in [4.69, 9.17) is 4.74 Å². The van der Waals surface area contributed by atoms with Crippen molar-refractivity contribution in [3.63, 3.8) is 0 Å². The molecule has 1 heterocycles. The van der Waals surface area contributed by atoms with Crippen molar-refractivity contribution in [3.8, 4) is 5.75 Å². The van der Waals surface area contributed by atoms with E-state index in [-0.39, 0.29) is 5.91 Å². The number of likely N-dealkylation sites (N-methyl/N-ethyl adjacent to an activating group) is 1. The summed E-state index contributed by atoms with van der Waals surface area (Å²) in [5.74, 6) is 0.975. The maximum absolute atomic E-state index is 12.3. The van der Waals surface area contributed by atoms with E-state index < -0.39 is 0 Å². The molecule has 1 amide bonds. The molecule has 1 aromatic carbocycles. The maximum Gasteiger partial charge on any atom is 0.227 e. The quantitative estimate of drug-likeness (QED) is 0.893. The van der Waals surface area contributed by atoms with E-state index in [2.05, 4.69) is 5.32 Å². The fourth-order valence-electron chi connectivity index (χ4n) is 2.56. The van der Waals surface area contributed by atoms with Crippen molar-refractivity contribution in [3.05, 3.63) is 29.8 Å². The Bertz CT molecular complexity index is 434. The van der Waals surface area contributed by atoms with Crippen LogP contribution in [0.1, 0.15) is 18.4 Å². The molecule has 4 nitrogen and oxygen atoms in total. The minimum atomic E-state index is 0.185. The van der Waals surface area contributed by atoms with E-state index in [0.717, 1.165) is 37.2 Å². The van der Waals surface area contributed by atoms with Gasteiger partial charge in [-0.15, -0.1) is 0 Å². The van der Waals surface area contributed by atoms with Crippen LogP contribution >= 0.6 is 0 Å². The Kier molecular flexibility index (Phi) is 4.80. The summed E-state index contributed by atoms with van der Waals surface area (Å²) in [5.41, 5.74) is 0.960. The second kappa shape index (κ2) is 6.57. The van der Waals surface area contributed by atoms with Crippen LogP contribution < -0.4 is 10.1 Å². The van der Waals surface area contributed by atoms with Gasteiger partial charge in [0, 0.05) is 24.7 Å². The zero-order chi connectivity index (χ0) is 13.7. The summed E-state index contributed by atoms with van der Waals surface area (Å²) in [4.78, 5) is 14.3. The van der Waals surface area contributed by atoms with E-state index in [1.165, 1.54) is 0 Å². The summed E-state index contributed by atoms with van der Waals surface area (Å²) in [6.45, 7) is 1.68. The van der Waals surface area contributed by atoms with Gasteiger partial charge < -0.3 is 15.0 Å². The van der Waals surface area contributed by atoms with E-state index in [9.17, 15) is 4.79 Å². The summed E-state index contributed by atoms with van der Waals surface area (Å²) >= 11 is 0. The van der Waals surface area contributed by atoms with E-state index in [1.54, 1.807) is 7.11 Å². The molecule has 1 saturated heterocycles. The van der Waals surface area contributed by atoms with Crippen molar-refractivity contribution in [1.29, 1.82) is 0 Å². The molecular formula is C15H22N2O2. The number of benzene rings is 1. The largest absolute Gasteiger partial charge is 0.496 e. The topological polar surface area (TPSA) is 41.6 Å². The fraction of sp³-hybridized carbons (Fsp3) is 0.533. The third-order valence-electron chi connectivity index (χ3n) is 3.72. The first-order chi connectivity index (χ1) is 9.24. The Morgan fingerprint density at radius 2 is 2.26 bits per heavy atom. The summed E-state index contributed by atoms with van der Waals surface area (Å²) in [5, 5.41) is 3.26. The van der Waals surface area contributed by atoms with Crippen LogP contribution in [0.4, 0.5) is 0 Å². The Hall–Kier alpha value is -1.55. The number of methoxy groups -OCH3 is 1. The van der Waals surface area contributed by atoms with Gasteiger partial charge in [0.05, 0.1) is 13.5 Å². The molecule has 0 saturated carbocycles. The molecule has 0 aromatic heterocycles. The molecule has 1 aromatic rings. The number of hydrogen-bond donors (Lipinski definition) is 1. The smallest absolute Gasteiger partial charge is 0.227 e. The molecule has 0 spiro atoms. The van der Waals surface area contributed by atoms with Crippen molar-refractivity contribution >= 4 is 5.91 Å². The number of nitrogens with zero attached hydrogens (tertiary/aromatic N) is 1. The van der Waals surface area contributed by atoms with Crippen molar-refractivity contribution in [1.82, 2.24) is 10.2 Å². The molecule has 4 heteroatoms. The van der Waals surface area contributed by atoms with Crippen LogP contribution in [-0.2, 0) is 11.2 Å². The average molecular weight is 262 g/mol. The van der Waals surface area contributed by atoms with Gasteiger partial charge in [0.25, 0.3) is 0 Å². The number of carbonyl (C=O) groups excluding carboxylic acids is 1. The van der Waals surface area contributed by atoms with Gasteiger partial charge >= 0.3 is 0 Å². The average Bonchev–Trinajstić information content (AvgIpc) is 2.47. The van der Waals surface area contributed by atoms with E-state index in [1.807, 2.05) is 36.2 Å². The molecule has 1 unspecified atom stereocenters. The van der Waals surface area contributed by atoms with Crippen molar-refractivity contribution in [2.24, 2.45) is 0 Å². The first-order valence-electron chi connectivity index (χ1n) is 6.81. The van der Waals surface area contributed by atoms with Gasteiger partial charge in [-0.05, 0) is 26.0 Å². The lowest BCUT2D eigenvalue weighted by molar-refractivity contribution is -0.131. The summed E-state index contributed by atoms with van der Waals surface area (Å²) in [6, 6.07) is 8.14. The highest BCUT2D eigenvalue weighted by atomic mass is 16.5. The molecule has 0 aliphatic carbocycles. The minimum absolute atomic E-state index is 0.185. The summed E-state index contributed by atoms with van der Waals surface area (Å²) < 4.78 is 5.29. The SMILES string of the molecule is CNC1CCCN(C(=O)Cc2ccccc2OC)C1. The summed E-state index contributed by atoms with van der Waals surface area (Å²) in [7, 11) is 3.60. The van der Waals surface area contributed by atoms with E-state index >= 15 is 0 Å². The fourth-order valence-corrected chi connectivity index (χ4v) is 2.56. The van der Waals surface area contributed by atoms with Gasteiger partial charge in [-0.1, -0.05) is 18.2 Å². The van der Waals surface area contributed by atoms with Crippen molar-refractivity contribution in [2.45, 2.75) is 25.3 Å². The third kappa shape index (κ3) is 3.47. The van der Waals surface area contributed by atoms with Gasteiger partial charge in [-0.2, -0.15) is 0 Å². The number of piperidine rings is 1. The molecular weight excluding hydrogens is 240 g/mol. The van der Waals surface area contributed by atoms with E-state index in [0.29, 0.717) is 12.5 Å². The lowest BCUT2D eigenvalue weighted by Gasteiger charge is -2.32. The lowest BCUT2D eigenvalue weighted by Crippen LogP contribution is -2.47. The number of hydrogen-bond acceptors (Lipinski definition) is 3. The molecule has 1 N–H and O–H groups in total. The summed E-state index contributed by atoms with van der Waals surface area (Å²) in [6.07, 6.45) is 2.64. The molecule has 0 bridgehead atoms. The van der Waals surface area contributed by atoms with Gasteiger partial charge in [-0.25, -0.2) is 0 Å². The van der Waals surface area contributed by atoms with Crippen LogP contribution in [0.15, 0.2) is 24.3 Å². The highest BCUT2D eigenvalue weighted by Crippen LogP contribution is 2.19. The second-order valence-electron chi connectivity index (χ2n) is 4.96. The third-order valence-corrected chi connectivity index (χ3v) is 3.72. The maximum atomic E-state index is 12.3. The normalized spacial score (nSPS) is 19.3. The number of amides is 1. The highest BCUT2D eigenvalue weighted by Gasteiger charge is 2.23. The van der Waals surface area contributed by atoms with Gasteiger partial charge in [0.2, 0.25) is 5.91 Å². The lowest BCUT2D eigenvalue weighted by atomic mass is 10.0. The van der Waals surface area contributed by atoms with Gasteiger partial charge in [-0.3, -0.25) is 4.79 Å². The number of para-hydroxylation sites is 1. The second-order valence-corrected chi connectivity index (χ2v) is 4.96. The number of ether oxygens (including phenoxy) is 1. The molecule has 0 radical (unpaired) electrons. The Labute approximate surface area is 114 Å². The number of likely N-dealkylation sites (tertiary alicyclic amines) is 1. The zero-order valence-corrected chi connectivity index (χ0v) is 11.7. The monoisotopic (exact) mass is 262 g/mol. The molecule has 1 aliphatic heterocycles. The molecule has 2 rings (SSSR count). The van der Waals surface area contributed by atoms with Crippen LogP contribution in [0.25, 0.3) is 0 Å². The van der Waals surface area contributed by atoms with Crippen LogP contribution in [0.3, 0.4) is 0 Å². The Morgan fingerprint density at radius 3 is 3.00 bits per heavy atom. The predicted molar refractivity (Wildman–Crippen MR) is 75.4 cm³/mol. The van der Waals surface area contributed by atoms with Crippen LogP contribution in [0.5, 0.6) is 5.75 Å². The molecule has 19 heavy (non-hydrogen) atoms. The molecule has 1 atom stereocenters. The number of rotatable bonds is 4. The first-order valence-corrected chi connectivity index (χ1v) is 6.81. The standard InChI is InChI=1S/C15H22N2O2/c1-16-13-7-5-9-17(11-13)15(18)10-12-6-3-4-8-14(12)19-2/h3-4,6,8,13,16H,5,7,9-11H2,1-2H3. The first kappa shape index (κ1) is 13.9. The highest BCUT2D eigenvalue weighted by molar-refractivity contribution is 5.79. The van der Waals surface area contributed by atoms with Crippen molar-refractivity contribution in [2.75, 3.05) is 27.2 Å².